The Balaban J connectivity index is 1.48. The van der Waals surface area contributed by atoms with Crippen LogP contribution in [-0.4, -0.2) is 40.2 Å². The maximum atomic E-state index is 12.5. The number of phenolic OH excluding ortho intramolecular Hbond substituents is 1. The van der Waals surface area contributed by atoms with Gasteiger partial charge in [0.2, 0.25) is 0 Å². The van der Waals surface area contributed by atoms with Crippen LogP contribution in [0.1, 0.15) is 24.0 Å². The van der Waals surface area contributed by atoms with Crippen LogP contribution in [0, 0.1) is 5.92 Å². The average molecular weight is 339 g/mol. The summed E-state index contributed by atoms with van der Waals surface area (Å²) in [5.74, 6) is 0.594. The molecule has 1 aliphatic rings. The summed E-state index contributed by atoms with van der Waals surface area (Å²) in [6, 6.07) is 17.1. The standard InChI is InChI=1S/C21H25NO3/c23-19-8-6-17(7-9-19)15-20(24)21(25)22-12-10-18(11-13-22)14-16-4-2-1-3-5-16/h1-9,18,20,23-24H,10-15H2. The summed E-state index contributed by atoms with van der Waals surface area (Å²) in [5.41, 5.74) is 2.19. The zero-order valence-corrected chi connectivity index (χ0v) is 14.3. The van der Waals surface area contributed by atoms with Crippen LogP contribution < -0.4 is 0 Å². The van der Waals surface area contributed by atoms with Crippen molar-refractivity contribution >= 4 is 5.91 Å². The summed E-state index contributed by atoms with van der Waals surface area (Å²) in [6.45, 7) is 1.42. The minimum atomic E-state index is -1.02. The highest BCUT2D eigenvalue weighted by atomic mass is 16.3. The highest BCUT2D eigenvalue weighted by molar-refractivity contribution is 5.81. The van der Waals surface area contributed by atoms with Crippen molar-refractivity contribution in [2.75, 3.05) is 13.1 Å². The van der Waals surface area contributed by atoms with Gasteiger partial charge in [0.25, 0.3) is 5.91 Å². The van der Waals surface area contributed by atoms with Gasteiger partial charge < -0.3 is 15.1 Å². The van der Waals surface area contributed by atoms with Crippen molar-refractivity contribution in [2.45, 2.75) is 31.8 Å². The SMILES string of the molecule is O=C(C(O)Cc1ccc(O)cc1)N1CCC(Cc2ccccc2)CC1. The summed E-state index contributed by atoms with van der Waals surface area (Å²) in [7, 11) is 0. The lowest BCUT2D eigenvalue weighted by Crippen LogP contribution is -2.44. The molecule has 0 aromatic heterocycles. The molecule has 1 unspecified atom stereocenters. The van der Waals surface area contributed by atoms with E-state index in [0.29, 0.717) is 19.0 Å². The molecule has 1 amide bonds. The number of aliphatic hydroxyl groups excluding tert-OH is 1. The second-order valence-electron chi connectivity index (χ2n) is 6.84. The Hall–Kier alpha value is -2.33. The maximum absolute atomic E-state index is 12.5. The van der Waals surface area contributed by atoms with Crippen molar-refractivity contribution in [3.8, 4) is 5.75 Å². The van der Waals surface area contributed by atoms with Gasteiger partial charge in [-0.2, -0.15) is 0 Å². The molecule has 2 N–H and O–H groups in total. The zero-order chi connectivity index (χ0) is 17.6. The molecule has 3 rings (SSSR count). The van der Waals surface area contributed by atoms with Crippen LogP contribution in [0.5, 0.6) is 5.75 Å². The summed E-state index contributed by atoms with van der Waals surface area (Å²) >= 11 is 0. The normalized spacial score (nSPS) is 16.6. The minimum absolute atomic E-state index is 0.185. The average Bonchev–Trinajstić information content (AvgIpc) is 2.64. The molecule has 2 aromatic rings. The molecule has 2 aromatic carbocycles. The molecule has 1 heterocycles. The van der Waals surface area contributed by atoms with Gasteiger partial charge in [-0.1, -0.05) is 42.5 Å². The first-order valence-corrected chi connectivity index (χ1v) is 8.90. The van der Waals surface area contributed by atoms with Gasteiger partial charge in [-0.05, 0) is 48.4 Å². The van der Waals surface area contributed by atoms with Crippen molar-refractivity contribution in [1.82, 2.24) is 4.90 Å². The van der Waals surface area contributed by atoms with Gasteiger partial charge in [0, 0.05) is 19.5 Å². The molecular weight excluding hydrogens is 314 g/mol. The molecule has 4 heteroatoms. The lowest BCUT2D eigenvalue weighted by molar-refractivity contribution is -0.141. The van der Waals surface area contributed by atoms with Crippen LogP contribution in [0.2, 0.25) is 0 Å². The Morgan fingerprint density at radius 1 is 1.00 bits per heavy atom. The third-order valence-corrected chi connectivity index (χ3v) is 4.94. The van der Waals surface area contributed by atoms with E-state index in [0.717, 1.165) is 24.8 Å². The van der Waals surface area contributed by atoms with Gasteiger partial charge in [-0.15, -0.1) is 0 Å². The Morgan fingerprint density at radius 2 is 1.64 bits per heavy atom. The summed E-state index contributed by atoms with van der Waals surface area (Å²) in [4.78, 5) is 14.2. The van der Waals surface area contributed by atoms with E-state index >= 15 is 0 Å². The van der Waals surface area contributed by atoms with E-state index < -0.39 is 6.10 Å². The number of phenols is 1. The van der Waals surface area contributed by atoms with Crippen molar-refractivity contribution in [3.05, 3.63) is 65.7 Å². The zero-order valence-electron chi connectivity index (χ0n) is 14.3. The van der Waals surface area contributed by atoms with Crippen molar-refractivity contribution in [2.24, 2.45) is 5.92 Å². The molecule has 1 fully saturated rings. The number of amides is 1. The largest absolute Gasteiger partial charge is 0.508 e. The Kier molecular flexibility index (Phi) is 5.71. The maximum Gasteiger partial charge on any atom is 0.251 e. The predicted molar refractivity (Wildman–Crippen MR) is 97.3 cm³/mol. The number of carbonyl (C=O) groups excluding carboxylic acids is 1. The molecule has 132 valence electrons. The summed E-state index contributed by atoms with van der Waals surface area (Å²) < 4.78 is 0. The van der Waals surface area contributed by atoms with Crippen LogP contribution in [0.4, 0.5) is 0 Å². The van der Waals surface area contributed by atoms with E-state index in [9.17, 15) is 15.0 Å². The first-order valence-electron chi connectivity index (χ1n) is 8.90. The molecule has 4 nitrogen and oxygen atoms in total. The Morgan fingerprint density at radius 3 is 2.28 bits per heavy atom. The molecule has 1 saturated heterocycles. The fourth-order valence-corrected chi connectivity index (χ4v) is 3.46. The van der Waals surface area contributed by atoms with Gasteiger partial charge in [0.15, 0.2) is 0 Å². The Labute approximate surface area is 148 Å². The van der Waals surface area contributed by atoms with Crippen LogP contribution in [0.15, 0.2) is 54.6 Å². The molecule has 0 radical (unpaired) electrons. The molecule has 1 atom stereocenters. The van der Waals surface area contributed by atoms with Crippen LogP contribution in [-0.2, 0) is 17.6 Å². The molecule has 0 bridgehead atoms. The van der Waals surface area contributed by atoms with E-state index in [1.54, 1.807) is 29.2 Å². The minimum Gasteiger partial charge on any atom is -0.508 e. The molecule has 1 aliphatic heterocycles. The van der Waals surface area contributed by atoms with Crippen molar-refractivity contribution < 1.29 is 15.0 Å². The lowest BCUT2D eigenvalue weighted by Gasteiger charge is -2.33. The van der Waals surface area contributed by atoms with Crippen LogP contribution in [0.3, 0.4) is 0 Å². The number of hydrogen-bond acceptors (Lipinski definition) is 3. The molecule has 25 heavy (non-hydrogen) atoms. The Bertz CT molecular complexity index is 676. The first-order chi connectivity index (χ1) is 12.1. The van der Waals surface area contributed by atoms with Crippen molar-refractivity contribution in [1.29, 1.82) is 0 Å². The van der Waals surface area contributed by atoms with E-state index in [1.807, 2.05) is 6.07 Å². The first kappa shape index (κ1) is 17.5. The topological polar surface area (TPSA) is 60.8 Å². The molecule has 0 aliphatic carbocycles. The monoisotopic (exact) mass is 339 g/mol. The van der Waals surface area contributed by atoms with E-state index in [4.69, 9.17) is 0 Å². The van der Waals surface area contributed by atoms with Crippen molar-refractivity contribution in [3.63, 3.8) is 0 Å². The van der Waals surface area contributed by atoms with E-state index in [2.05, 4.69) is 24.3 Å². The predicted octanol–water partition coefficient (Wildman–Crippen LogP) is 2.78. The van der Waals surface area contributed by atoms with Gasteiger partial charge in [0.1, 0.15) is 11.9 Å². The molecular formula is C21H25NO3. The van der Waals surface area contributed by atoms with Gasteiger partial charge >= 0.3 is 0 Å². The van der Waals surface area contributed by atoms with Crippen LogP contribution in [0.25, 0.3) is 0 Å². The fourth-order valence-electron chi connectivity index (χ4n) is 3.46. The third-order valence-electron chi connectivity index (χ3n) is 4.94. The third kappa shape index (κ3) is 4.83. The second-order valence-corrected chi connectivity index (χ2v) is 6.84. The van der Waals surface area contributed by atoms with Gasteiger partial charge in [-0.25, -0.2) is 0 Å². The summed E-state index contributed by atoms with van der Waals surface area (Å²) in [5, 5.41) is 19.5. The number of carbonyl (C=O) groups is 1. The highest BCUT2D eigenvalue weighted by Crippen LogP contribution is 2.22. The van der Waals surface area contributed by atoms with E-state index in [1.165, 1.54) is 5.56 Å². The van der Waals surface area contributed by atoms with Gasteiger partial charge in [-0.3, -0.25) is 4.79 Å². The fraction of sp³-hybridized carbons (Fsp3) is 0.381. The number of benzene rings is 2. The summed E-state index contributed by atoms with van der Waals surface area (Å²) in [6.07, 6.45) is 2.27. The second kappa shape index (κ2) is 8.17. The molecule has 0 saturated carbocycles. The lowest BCUT2D eigenvalue weighted by atomic mass is 9.90. The number of hydrogen-bond donors (Lipinski definition) is 2. The van der Waals surface area contributed by atoms with Gasteiger partial charge in [0.05, 0.1) is 0 Å². The number of nitrogens with zero attached hydrogens (tertiary/aromatic N) is 1. The van der Waals surface area contributed by atoms with Crippen LogP contribution >= 0.6 is 0 Å². The molecule has 0 spiro atoms. The number of likely N-dealkylation sites (tertiary alicyclic amines) is 1. The number of aromatic hydroxyl groups is 1. The smallest absolute Gasteiger partial charge is 0.251 e. The highest BCUT2D eigenvalue weighted by Gasteiger charge is 2.27. The van der Waals surface area contributed by atoms with E-state index in [-0.39, 0.29) is 18.1 Å². The number of piperidine rings is 1. The number of rotatable bonds is 5. The quantitative estimate of drug-likeness (QED) is 0.880. The number of aliphatic hydroxyl groups is 1.